The summed E-state index contributed by atoms with van der Waals surface area (Å²) in [4.78, 5) is 22.1. The molecule has 3 rings (SSSR count). The Bertz CT molecular complexity index is 1040. The maximum absolute atomic E-state index is 12.0. The van der Waals surface area contributed by atoms with Crippen LogP contribution in [0.5, 0.6) is 0 Å². The molecule has 0 fully saturated rings. The van der Waals surface area contributed by atoms with Gasteiger partial charge in [0.25, 0.3) is 11.6 Å². The van der Waals surface area contributed by atoms with Gasteiger partial charge in [-0.1, -0.05) is 28.9 Å². The molecule has 0 saturated heterocycles. The molecule has 8 nitrogen and oxygen atoms in total. The molecule has 0 bridgehead atoms. The Kier molecular flexibility index (Phi) is 5.59. The summed E-state index contributed by atoms with van der Waals surface area (Å²) in [6, 6.07) is 12.0. The van der Waals surface area contributed by atoms with E-state index in [2.05, 4.69) is 21.6 Å². The topological polar surface area (TPSA) is 111 Å². The van der Waals surface area contributed by atoms with Gasteiger partial charge in [-0.05, 0) is 48.7 Å². The van der Waals surface area contributed by atoms with Crippen LogP contribution in [0.1, 0.15) is 28.1 Å². The van der Waals surface area contributed by atoms with Crippen LogP contribution in [0, 0.1) is 24.0 Å². The van der Waals surface area contributed by atoms with Gasteiger partial charge in [-0.15, -0.1) is 5.10 Å². The van der Waals surface area contributed by atoms with Crippen molar-refractivity contribution in [3.8, 4) is 0 Å². The molecule has 8 heteroatoms. The van der Waals surface area contributed by atoms with Crippen LogP contribution in [0.25, 0.3) is 6.08 Å². The van der Waals surface area contributed by atoms with Crippen LogP contribution in [0.15, 0.2) is 53.0 Å². The van der Waals surface area contributed by atoms with Gasteiger partial charge in [0.05, 0.1) is 11.3 Å². The Hall–Kier alpha value is -3.81. The fraction of sp³-hybridized carbons (Fsp3) is 0.150. The van der Waals surface area contributed by atoms with Gasteiger partial charge in [-0.2, -0.15) is 0 Å². The van der Waals surface area contributed by atoms with E-state index in [-0.39, 0.29) is 11.7 Å². The second kappa shape index (κ2) is 8.26. The lowest BCUT2D eigenvalue weighted by Gasteiger charge is -2.03. The summed E-state index contributed by atoms with van der Waals surface area (Å²) >= 11 is 0. The van der Waals surface area contributed by atoms with E-state index in [0.717, 1.165) is 11.1 Å². The quantitative estimate of drug-likeness (QED) is 0.396. The predicted molar refractivity (Wildman–Crippen MR) is 104 cm³/mol. The van der Waals surface area contributed by atoms with Crippen molar-refractivity contribution in [3.63, 3.8) is 0 Å². The van der Waals surface area contributed by atoms with Crippen molar-refractivity contribution in [1.82, 2.24) is 10.2 Å². The summed E-state index contributed by atoms with van der Waals surface area (Å²) in [5, 5.41) is 20.9. The van der Waals surface area contributed by atoms with Crippen LogP contribution in [-0.4, -0.2) is 21.0 Å². The van der Waals surface area contributed by atoms with Gasteiger partial charge >= 0.3 is 6.01 Å². The number of benzene rings is 2. The van der Waals surface area contributed by atoms with Gasteiger partial charge in [-0.3, -0.25) is 20.2 Å². The Morgan fingerprint density at radius 2 is 1.93 bits per heavy atom. The van der Waals surface area contributed by atoms with Crippen LogP contribution in [0.4, 0.5) is 11.7 Å². The second-order valence-corrected chi connectivity index (χ2v) is 6.28. The third-order valence-corrected chi connectivity index (χ3v) is 4.07. The Balaban J connectivity index is 1.59. The summed E-state index contributed by atoms with van der Waals surface area (Å²) in [5.74, 6) is -0.0401. The number of aromatic nitrogens is 2. The molecule has 0 aliphatic heterocycles. The fourth-order valence-corrected chi connectivity index (χ4v) is 2.61. The van der Waals surface area contributed by atoms with Gasteiger partial charge in [-0.25, -0.2) is 0 Å². The van der Waals surface area contributed by atoms with E-state index >= 15 is 0 Å². The van der Waals surface area contributed by atoms with Crippen LogP contribution in [-0.2, 0) is 11.2 Å². The number of carbonyl (C=O) groups is 1. The van der Waals surface area contributed by atoms with Crippen LogP contribution < -0.4 is 5.32 Å². The highest BCUT2D eigenvalue weighted by Gasteiger charge is 2.10. The first-order chi connectivity index (χ1) is 13.4. The molecule has 0 unspecified atom stereocenters. The number of nitrogens with zero attached hydrogens (tertiary/aromatic N) is 3. The average Bonchev–Trinajstić information content (AvgIpc) is 3.09. The highest BCUT2D eigenvalue weighted by atomic mass is 16.6. The summed E-state index contributed by atoms with van der Waals surface area (Å²) in [7, 11) is 0. The van der Waals surface area contributed by atoms with E-state index in [1.807, 2.05) is 26.0 Å². The summed E-state index contributed by atoms with van der Waals surface area (Å²) in [5.41, 5.74) is 4.03. The van der Waals surface area contributed by atoms with Crippen molar-refractivity contribution in [3.05, 3.63) is 86.8 Å². The SMILES string of the molecule is Cc1ccc(Cc2nnc(NC(=O)C=Cc3ccc([N+](=O)[O-])cc3)o2)c(C)c1. The first kappa shape index (κ1) is 19.0. The van der Waals surface area contributed by atoms with Gasteiger partial charge in [0.1, 0.15) is 0 Å². The van der Waals surface area contributed by atoms with Gasteiger partial charge in [0.15, 0.2) is 0 Å². The predicted octanol–water partition coefficient (Wildman–Crippen LogP) is 3.84. The van der Waals surface area contributed by atoms with E-state index in [0.29, 0.717) is 17.9 Å². The van der Waals surface area contributed by atoms with Crippen LogP contribution in [0.3, 0.4) is 0 Å². The lowest BCUT2D eigenvalue weighted by Crippen LogP contribution is -2.07. The van der Waals surface area contributed by atoms with Crippen molar-refractivity contribution in [2.45, 2.75) is 20.3 Å². The lowest BCUT2D eigenvalue weighted by atomic mass is 10.0. The number of anilines is 1. The third-order valence-electron chi connectivity index (χ3n) is 4.07. The van der Waals surface area contributed by atoms with Crippen molar-refractivity contribution >= 4 is 23.7 Å². The molecule has 142 valence electrons. The van der Waals surface area contributed by atoms with E-state index in [9.17, 15) is 14.9 Å². The van der Waals surface area contributed by atoms with Crippen molar-refractivity contribution in [2.24, 2.45) is 0 Å². The number of aryl methyl sites for hydroxylation is 2. The van der Waals surface area contributed by atoms with Crippen molar-refractivity contribution in [1.29, 1.82) is 0 Å². The molecule has 0 atom stereocenters. The second-order valence-electron chi connectivity index (χ2n) is 6.28. The molecule has 0 saturated carbocycles. The van der Waals surface area contributed by atoms with Crippen LogP contribution in [0.2, 0.25) is 0 Å². The Labute approximate surface area is 161 Å². The normalized spacial score (nSPS) is 10.9. The molecule has 0 spiro atoms. The van der Waals surface area contributed by atoms with E-state index in [1.165, 1.54) is 29.8 Å². The van der Waals surface area contributed by atoms with E-state index in [4.69, 9.17) is 4.42 Å². The molecular weight excluding hydrogens is 360 g/mol. The van der Waals surface area contributed by atoms with Crippen LogP contribution >= 0.6 is 0 Å². The molecule has 0 aliphatic carbocycles. The highest BCUT2D eigenvalue weighted by molar-refractivity contribution is 6.00. The van der Waals surface area contributed by atoms with Gasteiger partial charge in [0.2, 0.25) is 5.89 Å². The average molecular weight is 378 g/mol. The third kappa shape index (κ3) is 4.88. The summed E-state index contributed by atoms with van der Waals surface area (Å²) < 4.78 is 5.47. The number of nitro groups is 1. The molecule has 1 aromatic heterocycles. The summed E-state index contributed by atoms with van der Waals surface area (Å²) in [6.45, 7) is 4.05. The van der Waals surface area contributed by atoms with Gasteiger partial charge < -0.3 is 4.42 Å². The van der Waals surface area contributed by atoms with Crippen molar-refractivity contribution < 1.29 is 14.1 Å². The summed E-state index contributed by atoms with van der Waals surface area (Å²) in [6.07, 6.45) is 3.30. The minimum Gasteiger partial charge on any atom is -0.407 e. The zero-order chi connectivity index (χ0) is 20.1. The molecule has 2 aromatic carbocycles. The number of hydrogen-bond acceptors (Lipinski definition) is 6. The molecule has 1 heterocycles. The largest absolute Gasteiger partial charge is 0.407 e. The van der Waals surface area contributed by atoms with E-state index in [1.54, 1.807) is 12.1 Å². The number of carbonyl (C=O) groups excluding carboxylic acids is 1. The van der Waals surface area contributed by atoms with Crippen molar-refractivity contribution in [2.75, 3.05) is 5.32 Å². The minimum absolute atomic E-state index is 0.0104. The Morgan fingerprint density at radius 1 is 1.18 bits per heavy atom. The number of amides is 1. The molecule has 0 radical (unpaired) electrons. The highest BCUT2D eigenvalue weighted by Crippen LogP contribution is 2.16. The maximum atomic E-state index is 12.0. The molecular formula is C20H18N4O4. The fourth-order valence-electron chi connectivity index (χ4n) is 2.61. The van der Waals surface area contributed by atoms with E-state index < -0.39 is 10.8 Å². The van der Waals surface area contributed by atoms with Gasteiger partial charge in [0, 0.05) is 18.2 Å². The number of hydrogen-bond donors (Lipinski definition) is 1. The minimum atomic E-state index is -0.481. The standard InChI is InChI=1S/C20H18N4O4/c1-13-3-7-16(14(2)11-13)12-19-22-23-20(28-19)21-18(25)10-6-15-4-8-17(9-5-15)24(26)27/h3-11H,12H2,1-2H3,(H,21,23,25). The Morgan fingerprint density at radius 3 is 2.61 bits per heavy atom. The molecule has 1 N–H and O–H groups in total. The molecule has 0 aliphatic rings. The maximum Gasteiger partial charge on any atom is 0.322 e. The monoisotopic (exact) mass is 378 g/mol. The molecule has 28 heavy (non-hydrogen) atoms. The number of rotatable bonds is 6. The zero-order valence-corrected chi connectivity index (χ0v) is 15.4. The molecule has 1 amide bonds. The zero-order valence-electron chi connectivity index (χ0n) is 15.4. The number of non-ortho nitro benzene ring substituents is 1. The number of nitro benzene ring substituents is 1. The molecule has 3 aromatic rings. The smallest absolute Gasteiger partial charge is 0.322 e. The lowest BCUT2D eigenvalue weighted by molar-refractivity contribution is -0.384. The first-order valence-electron chi connectivity index (χ1n) is 8.53. The first-order valence-corrected chi connectivity index (χ1v) is 8.53. The number of nitrogens with one attached hydrogen (secondary N) is 1.